The molecule has 0 bridgehead atoms. The Labute approximate surface area is 174 Å². The van der Waals surface area contributed by atoms with Gasteiger partial charge in [-0.2, -0.15) is 12.6 Å². The highest BCUT2D eigenvalue weighted by atomic mass is 32.1. The molecule has 0 fully saturated rings. The number of amides is 3. The first-order valence-electron chi connectivity index (χ1n) is 9.08. The summed E-state index contributed by atoms with van der Waals surface area (Å²) in [6.45, 7) is 3.24. The summed E-state index contributed by atoms with van der Waals surface area (Å²) in [6, 6.07) is -2.95. The van der Waals surface area contributed by atoms with Gasteiger partial charge in [0.15, 0.2) is 0 Å². The first-order chi connectivity index (χ1) is 13.6. The zero-order chi connectivity index (χ0) is 22.0. The number of nitrogens with two attached hydrogens (primary N) is 1. The van der Waals surface area contributed by atoms with Crippen LogP contribution in [0.5, 0.6) is 0 Å². The molecule has 3 unspecified atom stereocenters. The highest BCUT2D eigenvalue weighted by Gasteiger charge is 2.25. The van der Waals surface area contributed by atoms with Crippen molar-refractivity contribution in [2.45, 2.75) is 44.8 Å². The van der Waals surface area contributed by atoms with Gasteiger partial charge in [-0.3, -0.25) is 14.4 Å². The molecule has 0 radical (unpaired) electrons. The van der Waals surface area contributed by atoms with E-state index in [1.165, 1.54) is 12.5 Å². The highest BCUT2D eigenvalue weighted by Crippen LogP contribution is 2.05. The van der Waals surface area contributed by atoms with E-state index >= 15 is 0 Å². The maximum Gasteiger partial charge on any atom is 0.326 e. The molecule has 0 saturated heterocycles. The first kappa shape index (κ1) is 24.4. The van der Waals surface area contributed by atoms with Crippen LogP contribution >= 0.6 is 12.6 Å². The number of carboxylic acids is 1. The summed E-state index contributed by atoms with van der Waals surface area (Å²) in [5, 5.41) is 16.5. The summed E-state index contributed by atoms with van der Waals surface area (Å²) >= 11 is 3.95. The molecule has 3 atom stereocenters. The van der Waals surface area contributed by atoms with Crippen LogP contribution in [-0.4, -0.2) is 69.2 Å². The van der Waals surface area contributed by atoms with E-state index in [4.69, 9.17) is 5.73 Å². The average molecular weight is 429 g/mol. The van der Waals surface area contributed by atoms with E-state index in [-0.39, 0.29) is 24.5 Å². The van der Waals surface area contributed by atoms with Crippen molar-refractivity contribution in [3.8, 4) is 0 Å². The fourth-order valence-corrected chi connectivity index (χ4v) is 2.58. The predicted molar refractivity (Wildman–Crippen MR) is 108 cm³/mol. The second kappa shape index (κ2) is 12.1. The minimum atomic E-state index is -1.15. The number of carboxylic acid groups (broad SMARTS) is 1. The summed E-state index contributed by atoms with van der Waals surface area (Å²) in [5.74, 6) is -2.82. The normalized spacial score (nSPS) is 14.0. The summed E-state index contributed by atoms with van der Waals surface area (Å²) in [4.78, 5) is 54.5. The quantitative estimate of drug-likeness (QED) is 0.196. The molecule has 1 aromatic heterocycles. The number of aromatic nitrogens is 2. The lowest BCUT2D eigenvalue weighted by Crippen LogP contribution is -2.54. The molecule has 0 aliphatic heterocycles. The Bertz CT molecular complexity index is 696. The van der Waals surface area contributed by atoms with Gasteiger partial charge >= 0.3 is 5.97 Å². The molecule has 0 aromatic carbocycles. The number of H-pyrrole nitrogens is 1. The van der Waals surface area contributed by atoms with Crippen LogP contribution in [0.3, 0.4) is 0 Å². The lowest BCUT2D eigenvalue weighted by Gasteiger charge is -2.20. The van der Waals surface area contributed by atoms with Gasteiger partial charge in [0.05, 0.1) is 18.9 Å². The van der Waals surface area contributed by atoms with E-state index in [0.29, 0.717) is 5.69 Å². The molecule has 29 heavy (non-hydrogen) atoms. The van der Waals surface area contributed by atoms with E-state index in [1.807, 2.05) is 13.8 Å². The number of hydrogen-bond acceptors (Lipinski definition) is 7. The molecule has 7 N–H and O–H groups in total. The number of carbonyl (C=O) groups is 4. The fourth-order valence-electron chi connectivity index (χ4n) is 2.42. The Kier molecular flexibility index (Phi) is 10.2. The van der Waals surface area contributed by atoms with Crippen molar-refractivity contribution in [1.82, 2.24) is 25.9 Å². The summed E-state index contributed by atoms with van der Waals surface area (Å²) < 4.78 is 0. The van der Waals surface area contributed by atoms with E-state index in [2.05, 4.69) is 38.5 Å². The second-order valence-corrected chi connectivity index (χ2v) is 7.30. The number of rotatable bonds is 12. The molecule has 11 nitrogen and oxygen atoms in total. The van der Waals surface area contributed by atoms with Crippen molar-refractivity contribution in [1.29, 1.82) is 0 Å². The SMILES string of the molecule is CC(C)CC(NC(=O)CNC(=O)C(Cc1cnc[nH]1)NC(=O)C(N)CS)C(=O)O. The second-order valence-electron chi connectivity index (χ2n) is 6.94. The Balaban J connectivity index is 2.69. The molecular formula is C17H28N6O5S. The van der Waals surface area contributed by atoms with Crippen molar-refractivity contribution in [2.75, 3.05) is 12.3 Å². The minimum Gasteiger partial charge on any atom is -0.480 e. The van der Waals surface area contributed by atoms with Gasteiger partial charge in [0.1, 0.15) is 12.1 Å². The molecule has 0 aliphatic rings. The third-order valence-electron chi connectivity index (χ3n) is 3.91. The molecule has 0 spiro atoms. The van der Waals surface area contributed by atoms with Crippen molar-refractivity contribution in [2.24, 2.45) is 11.7 Å². The predicted octanol–water partition coefficient (Wildman–Crippen LogP) is -1.57. The zero-order valence-electron chi connectivity index (χ0n) is 16.3. The zero-order valence-corrected chi connectivity index (χ0v) is 17.2. The molecular weight excluding hydrogens is 400 g/mol. The Morgan fingerprint density at radius 3 is 2.41 bits per heavy atom. The van der Waals surface area contributed by atoms with Crippen LogP contribution in [0.1, 0.15) is 26.0 Å². The average Bonchev–Trinajstić information content (AvgIpc) is 3.16. The van der Waals surface area contributed by atoms with Crippen LogP contribution in [0.15, 0.2) is 12.5 Å². The summed E-state index contributed by atoms with van der Waals surface area (Å²) in [6.07, 6.45) is 3.29. The molecule has 1 heterocycles. The van der Waals surface area contributed by atoms with E-state index < -0.39 is 48.4 Å². The minimum absolute atomic E-state index is 0.0658. The monoisotopic (exact) mass is 428 g/mol. The fraction of sp³-hybridized carbons (Fsp3) is 0.588. The van der Waals surface area contributed by atoms with E-state index in [9.17, 15) is 24.3 Å². The number of carbonyl (C=O) groups excluding carboxylic acids is 3. The number of aliphatic carboxylic acids is 1. The van der Waals surface area contributed by atoms with Crippen LogP contribution in [-0.2, 0) is 25.6 Å². The number of thiol groups is 1. The third kappa shape index (κ3) is 8.96. The van der Waals surface area contributed by atoms with Crippen LogP contribution in [0.4, 0.5) is 0 Å². The largest absolute Gasteiger partial charge is 0.480 e. The number of imidazole rings is 1. The topological polar surface area (TPSA) is 179 Å². The molecule has 162 valence electrons. The van der Waals surface area contributed by atoms with Gasteiger partial charge in [-0.05, 0) is 12.3 Å². The third-order valence-corrected chi connectivity index (χ3v) is 4.30. The van der Waals surface area contributed by atoms with Crippen molar-refractivity contribution >= 4 is 36.3 Å². The standard InChI is InChI=1S/C17H28N6O5S/c1-9(2)3-13(17(27)28)22-14(24)6-20-16(26)12(4-10-5-19-8-21-10)23-15(25)11(18)7-29/h5,8-9,11-13,29H,3-4,6-7,18H2,1-2H3,(H,19,21)(H,20,26)(H,22,24)(H,23,25)(H,27,28). The van der Waals surface area contributed by atoms with Crippen LogP contribution in [0.25, 0.3) is 0 Å². The smallest absolute Gasteiger partial charge is 0.326 e. The maximum atomic E-state index is 12.5. The van der Waals surface area contributed by atoms with Crippen LogP contribution in [0, 0.1) is 5.92 Å². The van der Waals surface area contributed by atoms with Gasteiger partial charge in [0, 0.05) is 24.1 Å². The Morgan fingerprint density at radius 1 is 1.21 bits per heavy atom. The van der Waals surface area contributed by atoms with Gasteiger partial charge < -0.3 is 31.8 Å². The molecule has 12 heteroatoms. The lowest BCUT2D eigenvalue weighted by molar-refractivity contribution is -0.142. The van der Waals surface area contributed by atoms with Crippen molar-refractivity contribution in [3.05, 3.63) is 18.2 Å². The molecule has 3 amide bonds. The molecule has 1 aromatic rings. The Morgan fingerprint density at radius 2 is 1.90 bits per heavy atom. The van der Waals surface area contributed by atoms with Gasteiger partial charge in [-0.1, -0.05) is 13.8 Å². The first-order valence-corrected chi connectivity index (χ1v) is 9.71. The van der Waals surface area contributed by atoms with E-state index in [0.717, 1.165) is 0 Å². The van der Waals surface area contributed by atoms with Crippen LogP contribution < -0.4 is 21.7 Å². The summed E-state index contributed by atoms with van der Waals surface area (Å²) in [7, 11) is 0. The summed E-state index contributed by atoms with van der Waals surface area (Å²) in [5.41, 5.74) is 6.22. The van der Waals surface area contributed by atoms with Crippen molar-refractivity contribution < 1.29 is 24.3 Å². The maximum absolute atomic E-state index is 12.5. The molecule has 0 aliphatic carbocycles. The lowest BCUT2D eigenvalue weighted by atomic mass is 10.0. The molecule has 1 rings (SSSR count). The van der Waals surface area contributed by atoms with Gasteiger partial charge in [0.25, 0.3) is 0 Å². The highest BCUT2D eigenvalue weighted by molar-refractivity contribution is 7.80. The Hall–Kier alpha value is -2.60. The van der Waals surface area contributed by atoms with Gasteiger partial charge in [-0.15, -0.1) is 0 Å². The van der Waals surface area contributed by atoms with E-state index in [1.54, 1.807) is 0 Å². The number of hydrogen-bond donors (Lipinski definition) is 7. The van der Waals surface area contributed by atoms with Crippen LogP contribution in [0.2, 0.25) is 0 Å². The van der Waals surface area contributed by atoms with Gasteiger partial charge in [-0.25, -0.2) is 9.78 Å². The van der Waals surface area contributed by atoms with Gasteiger partial charge in [0.2, 0.25) is 17.7 Å². The van der Waals surface area contributed by atoms with Crippen molar-refractivity contribution in [3.63, 3.8) is 0 Å². The number of aromatic amines is 1. The number of nitrogens with one attached hydrogen (secondary N) is 4. The molecule has 0 saturated carbocycles. The number of nitrogens with zero attached hydrogens (tertiary/aromatic N) is 1.